The van der Waals surface area contributed by atoms with Crippen molar-refractivity contribution in [2.24, 2.45) is 17.3 Å². The van der Waals surface area contributed by atoms with E-state index in [1.165, 1.54) is 6.92 Å². The van der Waals surface area contributed by atoms with E-state index in [-0.39, 0.29) is 22.8 Å². The Morgan fingerprint density at radius 2 is 1.75 bits per heavy atom. The molecule has 1 fully saturated rings. The maximum Gasteiger partial charge on any atom is 0.409 e. The van der Waals surface area contributed by atoms with Crippen LogP contribution in [0.5, 0.6) is 11.5 Å². The van der Waals surface area contributed by atoms with E-state index in [1.807, 2.05) is 50.2 Å². The molecule has 1 aliphatic rings. The van der Waals surface area contributed by atoms with Crippen molar-refractivity contribution in [3.63, 3.8) is 0 Å². The molecule has 2 nitrogen and oxygen atoms in total. The van der Waals surface area contributed by atoms with Crippen molar-refractivity contribution >= 4 is 0 Å². The van der Waals surface area contributed by atoms with Crippen molar-refractivity contribution in [2.45, 2.75) is 32.9 Å². The van der Waals surface area contributed by atoms with E-state index in [0.717, 1.165) is 5.56 Å². The normalized spacial score (nSPS) is 22.2. The first kappa shape index (κ1) is 20.0. The van der Waals surface area contributed by atoms with Crippen LogP contribution in [0.3, 0.4) is 0 Å². The lowest BCUT2D eigenvalue weighted by atomic mass is 9.91. The van der Waals surface area contributed by atoms with Crippen molar-refractivity contribution in [3.05, 3.63) is 71.8 Å². The SMILES string of the molecule is CC(=CC(F)(F)F)C1C(C(C#N)c2cccc(Oc3ccccc3)c2)C1(C)C. The molecule has 28 heavy (non-hydrogen) atoms. The van der Waals surface area contributed by atoms with Gasteiger partial charge in [-0.2, -0.15) is 18.4 Å². The zero-order valence-corrected chi connectivity index (χ0v) is 16.0. The molecule has 0 amide bonds. The van der Waals surface area contributed by atoms with E-state index in [4.69, 9.17) is 4.74 Å². The summed E-state index contributed by atoms with van der Waals surface area (Å²) in [6.07, 6.45) is -3.98. The first-order valence-corrected chi connectivity index (χ1v) is 9.12. The molecule has 3 unspecified atom stereocenters. The Morgan fingerprint density at radius 1 is 1.11 bits per heavy atom. The molecular formula is C23H22F3NO. The predicted molar refractivity (Wildman–Crippen MR) is 102 cm³/mol. The second-order valence-electron chi connectivity index (χ2n) is 7.85. The summed E-state index contributed by atoms with van der Waals surface area (Å²) in [5, 5.41) is 9.80. The highest BCUT2D eigenvalue weighted by atomic mass is 19.4. The maximum absolute atomic E-state index is 12.8. The molecule has 5 heteroatoms. The van der Waals surface area contributed by atoms with E-state index < -0.39 is 12.1 Å². The minimum absolute atomic E-state index is 0.178. The summed E-state index contributed by atoms with van der Waals surface area (Å²) in [6.45, 7) is 5.35. The molecular weight excluding hydrogens is 363 g/mol. The van der Waals surface area contributed by atoms with Crippen LogP contribution in [0, 0.1) is 28.6 Å². The zero-order chi connectivity index (χ0) is 20.5. The van der Waals surface area contributed by atoms with Crippen LogP contribution >= 0.6 is 0 Å². The summed E-state index contributed by atoms with van der Waals surface area (Å²) in [4.78, 5) is 0. The highest BCUT2D eigenvalue weighted by Gasteiger charge is 2.62. The van der Waals surface area contributed by atoms with Crippen molar-refractivity contribution in [2.75, 3.05) is 0 Å². The van der Waals surface area contributed by atoms with Crippen molar-refractivity contribution in [1.29, 1.82) is 5.26 Å². The third-order valence-electron chi connectivity index (χ3n) is 5.49. The average molecular weight is 385 g/mol. The summed E-state index contributed by atoms with van der Waals surface area (Å²) < 4.78 is 44.2. The Morgan fingerprint density at radius 3 is 2.36 bits per heavy atom. The van der Waals surface area contributed by atoms with Gasteiger partial charge in [-0.3, -0.25) is 0 Å². The van der Waals surface area contributed by atoms with Gasteiger partial charge in [0.05, 0.1) is 12.0 Å². The second-order valence-corrected chi connectivity index (χ2v) is 7.85. The third-order valence-corrected chi connectivity index (χ3v) is 5.49. The van der Waals surface area contributed by atoms with Gasteiger partial charge in [0.15, 0.2) is 0 Å². The Bertz CT molecular complexity index is 909. The topological polar surface area (TPSA) is 33.0 Å². The Balaban J connectivity index is 1.85. The van der Waals surface area contributed by atoms with E-state index in [9.17, 15) is 18.4 Å². The number of para-hydroxylation sites is 1. The number of benzene rings is 2. The maximum atomic E-state index is 12.8. The molecule has 3 atom stereocenters. The molecule has 0 spiro atoms. The highest BCUT2D eigenvalue weighted by molar-refractivity contribution is 5.40. The molecule has 3 rings (SSSR count). The highest BCUT2D eigenvalue weighted by Crippen LogP contribution is 2.67. The fraction of sp³-hybridized carbons (Fsp3) is 0.348. The zero-order valence-electron chi connectivity index (χ0n) is 16.0. The van der Waals surface area contributed by atoms with Crippen molar-refractivity contribution < 1.29 is 17.9 Å². The Hall–Kier alpha value is -2.74. The second kappa shape index (κ2) is 7.35. The van der Waals surface area contributed by atoms with Gasteiger partial charge in [-0.25, -0.2) is 0 Å². The molecule has 2 aromatic carbocycles. The molecule has 0 radical (unpaired) electrons. The molecule has 0 heterocycles. The van der Waals surface area contributed by atoms with Gasteiger partial charge in [0.1, 0.15) is 11.5 Å². The van der Waals surface area contributed by atoms with Crippen LogP contribution in [-0.4, -0.2) is 6.18 Å². The molecule has 0 N–H and O–H groups in total. The van der Waals surface area contributed by atoms with E-state index in [0.29, 0.717) is 17.6 Å². The molecule has 0 saturated heterocycles. The number of allylic oxidation sites excluding steroid dienone is 2. The monoisotopic (exact) mass is 385 g/mol. The molecule has 0 aliphatic heterocycles. The van der Waals surface area contributed by atoms with Gasteiger partial charge in [0, 0.05) is 6.08 Å². The average Bonchev–Trinajstić information content (AvgIpc) is 3.17. The van der Waals surface area contributed by atoms with Gasteiger partial charge in [-0.15, -0.1) is 0 Å². The van der Waals surface area contributed by atoms with Crippen LogP contribution in [0.2, 0.25) is 0 Å². The number of nitriles is 1. The van der Waals surface area contributed by atoms with E-state index in [2.05, 4.69) is 6.07 Å². The molecule has 1 saturated carbocycles. The first-order valence-electron chi connectivity index (χ1n) is 9.12. The van der Waals surface area contributed by atoms with Gasteiger partial charge in [0.25, 0.3) is 0 Å². The molecule has 146 valence electrons. The fourth-order valence-corrected chi connectivity index (χ4v) is 4.28. The largest absolute Gasteiger partial charge is 0.457 e. The van der Waals surface area contributed by atoms with Crippen molar-refractivity contribution in [1.82, 2.24) is 0 Å². The van der Waals surface area contributed by atoms with Crippen LogP contribution in [0.15, 0.2) is 66.2 Å². The summed E-state index contributed by atoms with van der Waals surface area (Å²) >= 11 is 0. The van der Waals surface area contributed by atoms with Crippen LogP contribution in [-0.2, 0) is 0 Å². The predicted octanol–water partition coefficient (Wildman–Crippen LogP) is 6.87. The van der Waals surface area contributed by atoms with Gasteiger partial charge in [-0.1, -0.05) is 49.8 Å². The van der Waals surface area contributed by atoms with Gasteiger partial charge in [0.2, 0.25) is 0 Å². The lowest BCUT2D eigenvalue weighted by molar-refractivity contribution is -0.0807. The minimum atomic E-state index is -4.35. The van der Waals surface area contributed by atoms with Crippen LogP contribution in [0.1, 0.15) is 32.3 Å². The third kappa shape index (κ3) is 4.22. The standard InChI is InChI=1S/C23H22F3NO/c1-15(13-23(24,25)26)20-21(22(20,2)3)19(14-27)16-8-7-11-18(12-16)28-17-9-5-4-6-10-17/h4-13,19-21H,1-3H3. The summed E-state index contributed by atoms with van der Waals surface area (Å²) in [6, 6.07) is 18.8. The van der Waals surface area contributed by atoms with Gasteiger partial charge in [-0.05, 0) is 54.0 Å². The van der Waals surface area contributed by atoms with Crippen molar-refractivity contribution in [3.8, 4) is 17.6 Å². The smallest absolute Gasteiger partial charge is 0.409 e. The number of halogens is 3. The number of nitrogens with zero attached hydrogens (tertiary/aromatic N) is 1. The minimum Gasteiger partial charge on any atom is -0.457 e. The molecule has 0 bridgehead atoms. The number of alkyl halides is 3. The van der Waals surface area contributed by atoms with Gasteiger partial charge < -0.3 is 4.74 Å². The molecule has 2 aromatic rings. The summed E-state index contributed by atoms with van der Waals surface area (Å²) in [7, 11) is 0. The summed E-state index contributed by atoms with van der Waals surface area (Å²) in [5.74, 6) is 0.319. The molecule has 0 aromatic heterocycles. The van der Waals surface area contributed by atoms with Crippen LogP contribution < -0.4 is 4.74 Å². The van der Waals surface area contributed by atoms with Crippen LogP contribution in [0.25, 0.3) is 0 Å². The fourth-order valence-electron chi connectivity index (χ4n) is 4.28. The lowest BCUT2D eigenvalue weighted by Crippen LogP contribution is -2.05. The number of hydrogen-bond donors (Lipinski definition) is 0. The van der Waals surface area contributed by atoms with E-state index >= 15 is 0 Å². The molecule has 1 aliphatic carbocycles. The Labute approximate surface area is 163 Å². The lowest BCUT2D eigenvalue weighted by Gasteiger charge is -2.13. The van der Waals surface area contributed by atoms with E-state index in [1.54, 1.807) is 18.2 Å². The summed E-state index contributed by atoms with van der Waals surface area (Å²) in [5.41, 5.74) is 0.665. The first-order chi connectivity index (χ1) is 13.1. The Kier molecular flexibility index (Phi) is 5.25. The number of hydrogen-bond acceptors (Lipinski definition) is 2. The quantitative estimate of drug-likeness (QED) is 0.526. The van der Waals surface area contributed by atoms with Crippen LogP contribution in [0.4, 0.5) is 13.2 Å². The van der Waals surface area contributed by atoms with Gasteiger partial charge >= 0.3 is 6.18 Å². The number of ether oxygens (including phenoxy) is 1. The number of rotatable bonds is 5.